The Morgan fingerprint density at radius 1 is 0.317 bits per heavy atom. The zero-order valence-electron chi connectivity index (χ0n) is 37.0. The zero-order chi connectivity index (χ0) is 43.1. The molecular weight excluding hydrogens is 793 g/mol. The minimum atomic E-state index is -1.81. The quantitative estimate of drug-likeness (QED) is 0.141. The molecule has 9 aromatic carbocycles. The van der Waals surface area contributed by atoms with E-state index in [1.165, 1.54) is 88.4 Å². The molecular formula is C59H52N2Si2. The molecule has 306 valence electrons. The first-order valence-electron chi connectivity index (χ1n) is 22.4. The topological polar surface area (TPSA) is 6.48 Å². The van der Waals surface area contributed by atoms with E-state index in [1.807, 2.05) is 0 Å². The second-order valence-electron chi connectivity index (χ2n) is 19.3. The van der Waals surface area contributed by atoms with Gasteiger partial charge >= 0.3 is 0 Å². The molecule has 0 aliphatic heterocycles. The summed E-state index contributed by atoms with van der Waals surface area (Å²) in [6.45, 7) is 14.8. The minimum Gasteiger partial charge on any atom is -0.311 e. The van der Waals surface area contributed by atoms with Gasteiger partial charge in [0.25, 0.3) is 0 Å². The van der Waals surface area contributed by atoms with Gasteiger partial charge in [0.1, 0.15) is 0 Å². The highest BCUT2D eigenvalue weighted by molar-refractivity contribution is 6.90. The van der Waals surface area contributed by atoms with Crippen LogP contribution in [0.25, 0.3) is 33.0 Å². The molecule has 11 rings (SSSR count). The van der Waals surface area contributed by atoms with Crippen molar-refractivity contribution in [2.24, 2.45) is 0 Å². The summed E-state index contributed by atoms with van der Waals surface area (Å²) < 4.78 is 0. The van der Waals surface area contributed by atoms with E-state index in [9.17, 15) is 0 Å². The lowest BCUT2D eigenvalue weighted by Crippen LogP contribution is -2.40. The van der Waals surface area contributed by atoms with Gasteiger partial charge in [0.05, 0.1) is 27.3 Å². The van der Waals surface area contributed by atoms with Crippen LogP contribution in [-0.2, 0) is 5.41 Å². The Bertz CT molecular complexity index is 3170. The molecule has 0 atom stereocenters. The van der Waals surface area contributed by atoms with Crippen LogP contribution < -0.4 is 20.2 Å². The molecule has 0 N–H and O–H groups in total. The number of hydrogen-bond acceptors (Lipinski definition) is 2. The van der Waals surface area contributed by atoms with Crippen molar-refractivity contribution in [2.75, 3.05) is 9.80 Å². The highest BCUT2D eigenvalue weighted by Gasteiger charge is 2.53. The van der Waals surface area contributed by atoms with E-state index in [-0.39, 0.29) is 0 Å². The van der Waals surface area contributed by atoms with Crippen LogP contribution in [0.3, 0.4) is 0 Å². The fourth-order valence-electron chi connectivity index (χ4n) is 10.9. The minimum absolute atomic E-state index is 0.575. The molecule has 63 heavy (non-hydrogen) atoms. The van der Waals surface area contributed by atoms with Gasteiger partial charge in [-0.05, 0) is 115 Å². The highest BCUT2D eigenvalue weighted by atomic mass is 28.3. The van der Waals surface area contributed by atoms with Crippen molar-refractivity contribution in [3.05, 3.63) is 229 Å². The summed E-state index contributed by atoms with van der Waals surface area (Å²) in [6, 6.07) is 77.8. The summed E-state index contributed by atoms with van der Waals surface area (Å²) >= 11 is 0. The largest absolute Gasteiger partial charge is 0.311 e. The average molecular weight is 845 g/mol. The van der Waals surface area contributed by atoms with Crippen molar-refractivity contribution in [3.63, 3.8) is 0 Å². The predicted molar refractivity (Wildman–Crippen MR) is 276 cm³/mol. The van der Waals surface area contributed by atoms with Crippen LogP contribution in [0, 0.1) is 0 Å². The van der Waals surface area contributed by atoms with E-state index in [0.29, 0.717) is 0 Å². The molecule has 4 heteroatoms. The van der Waals surface area contributed by atoms with Crippen LogP contribution >= 0.6 is 0 Å². The van der Waals surface area contributed by atoms with Gasteiger partial charge in [-0.3, -0.25) is 0 Å². The zero-order valence-corrected chi connectivity index (χ0v) is 39.0. The first-order chi connectivity index (χ1) is 30.6. The van der Waals surface area contributed by atoms with Crippen LogP contribution in [0.1, 0.15) is 22.3 Å². The van der Waals surface area contributed by atoms with E-state index in [1.54, 1.807) is 0 Å². The van der Waals surface area contributed by atoms with Gasteiger partial charge in [0.2, 0.25) is 0 Å². The normalized spacial score (nSPS) is 13.4. The van der Waals surface area contributed by atoms with Gasteiger partial charge in [0, 0.05) is 33.8 Å². The van der Waals surface area contributed by atoms with Crippen molar-refractivity contribution >= 4 is 71.4 Å². The van der Waals surface area contributed by atoms with Crippen LogP contribution in [0.2, 0.25) is 39.3 Å². The summed E-state index contributed by atoms with van der Waals surface area (Å²) in [7, 11) is -3.58. The van der Waals surface area contributed by atoms with Crippen molar-refractivity contribution in [1.29, 1.82) is 0 Å². The maximum absolute atomic E-state index is 2.58. The molecule has 0 amide bonds. The Morgan fingerprint density at radius 2 is 0.778 bits per heavy atom. The Balaban J connectivity index is 1.27. The van der Waals surface area contributed by atoms with Gasteiger partial charge in [-0.1, -0.05) is 191 Å². The number of benzene rings is 9. The molecule has 0 aromatic heterocycles. The second-order valence-corrected chi connectivity index (χ2v) is 29.4. The van der Waals surface area contributed by atoms with Gasteiger partial charge in [-0.25, -0.2) is 0 Å². The van der Waals surface area contributed by atoms with Crippen molar-refractivity contribution in [1.82, 2.24) is 0 Å². The molecule has 2 aliphatic rings. The number of para-hydroxylation sites is 4. The smallest absolute Gasteiger partial charge is 0.0803 e. The Morgan fingerprint density at radius 3 is 1.35 bits per heavy atom. The van der Waals surface area contributed by atoms with E-state index < -0.39 is 21.6 Å². The SMILES string of the molecule is C[Si](C)(C)c1ccccc1N(c1ccccc1)c1ccc2c(c1)C1(c3ccccc3-c3ccccc31)c1cc(N(c3ccccc3)c3ccccc3[Si](C)(C)C)c3ccccc3c1-2. The molecule has 2 nitrogen and oxygen atoms in total. The molecule has 9 aromatic rings. The summed E-state index contributed by atoms with van der Waals surface area (Å²) in [5.74, 6) is 0. The number of rotatable bonds is 8. The number of hydrogen-bond donors (Lipinski definition) is 0. The summed E-state index contributed by atoms with van der Waals surface area (Å²) in [5, 5.41) is 5.40. The first-order valence-corrected chi connectivity index (χ1v) is 29.4. The maximum Gasteiger partial charge on any atom is 0.0803 e. The molecule has 0 heterocycles. The van der Waals surface area contributed by atoms with Crippen LogP contribution in [-0.4, -0.2) is 16.1 Å². The summed E-state index contributed by atoms with van der Waals surface area (Å²) in [5.41, 5.74) is 17.2. The monoisotopic (exact) mass is 844 g/mol. The number of anilines is 6. The summed E-state index contributed by atoms with van der Waals surface area (Å²) in [6.07, 6.45) is 0. The summed E-state index contributed by atoms with van der Waals surface area (Å²) in [4.78, 5) is 5.08. The van der Waals surface area contributed by atoms with Crippen LogP contribution in [0.5, 0.6) is 0 Å². The lowest BCUT2D eigenvalue weighted by Gasteiger charge is -2.35. The van der Waals surface area contributed by atoms with Gasteiger partial charge < -0.3 is 9.80 Å². The molecule has 0 bridgehead atoms. The molecule has 0 radical (unpaired) electrons. The van der Waals surface area contributed by atoms with E-state index in [2.05, 4.69) is 255 Å². The van der Waals surface area contributed by atoms with Crippen molar-refractivity contribution in [3.8, 4) is 22.3 Å². The van der Waals surface area contributed by atoms with Gasteiger partial charge in [-0.2, -0.15) is 0 Å². The standard InChI is InChI=1S/C59H52N2Si2/c1-62(2,3)56-35-21-19-33-53(56)60(41-23-9-7-10-24-41)43-37-38-48-51(39-43)59(49-31-17-15-27-44(49)45-28-16-18-32-50(45)59)52-40-55(46-29-13-14-30-47(46)58(48)52)61(42-25-11-8-12-26-42)54-34-20-22-36-57(54)63(4,5)6/h7-40H,1-6H3. The molecule has 1 spiro atoms. The molecule has 0 saturated carbocycles. The van der Waals surface area contributed by atoms with E-state index in [4.69, 9.17) is 0 Å². The predicted octanol–water partition coefficient (Wildman–Crippen LogP) is 15.2. The first kappa shape index (κ1) is 39.1. The second kappa shape index (κ2) is 14.7. The van der Waals surface area contributed by atoms with Crippen molar-refractivity contribution in [2.45, 2.75) is 44.7 Å². The third-order valence-corrected chi connectivity index (χ3v) is 17.6. The van der Waals surface area contributed by atoms with Gasteiger partial charge in [-0.15, -0.1) is 0 Å². The Labute approximate surface area is 374 Å². The number of fused-ring (bicyclic) bond motifs is 12. The maximum atomic E-state index is 2.58. The van der Waals surface area contributed by atoms with E-state index >= 15 is 0 Å². The molecule has 0 saturated heterocycles. The Hall–Kier alpha value is -6.73. The lowest BCUT2D eigenvalue weighted by atomic mass is 9.70. The van der Waals surface area contributed by atoms with E-state index in [0.717, 1.165) is 11.4 Å². The van der Waals surface area contributed by atoms with Gasteiger partial charge in [0.15, 0.2) is 0 Å². The van der Waals surface area contributed by atoms with Crippen LogP contribution in [0.15, 0.2) is 206 Å². The molecule has 0 unspecified atom stereocenters. The number of nitrogens with zero attached hydrogens (tertiary/aromatic N) is 2. The lowest BCUT2D eigenvalue weighted by molar-refractivity contribution is 0.794. The fourth-order valence-corrected chi connectivity index (χ4v) is 14.0. The fraction of sp³-hybridized carbons (Fsp3) is 0.119. The van der Waals surface area contributed by atoms with Crippen molar-refractivity contribution < 1.29 is 0 Å². The third-order valence-electron chi connectivity index (χ3n) is 13.5. The van der Waals surface area contributed by atoms with Crippen LogP contribution in [0.4, 0.5) is 34.1 Å². The Kier molecular flexibility index (Phi) is 9.13. The molecule has 0 fully saturated rings. The average Bonchev–Trinajstić information content (AvgIpc) is 3.77. The molecule has 2 aliphatic carbocycles. The third kappa shape index (κ3) is 6.03. The highest BCUT2D eigenvalue weighted by Crippen LogP contribution is 2.65.